The van der Waals surface area contributed by atoms with E-state index in [1.807, 2.05) is 24.3 Å². The third kappa shape index (κ3) is 3.53. The van der Waals surface area contributed by atoms with Crippen LogP contribution in [-0.4, -0.2) is 38.1 Å². The average molecular weight is 456 g/mol. The first kappa shape index (κ1) is 21.2. The number of nitrogens with one attached hydrogen (secondary N) is 1. The molecule has 1 aromatic heterocycles. The molecule has 0 saturated carbocycles. The topological polar surface area (TPSA) is 122 Å². The van der Waals surface area contributed by atoms with E-state index < -0.39 is 11.0 Å². The van der Waals surface area contributed by atoms with Crippen molar-refractivity contribution in [1.29, 1.82) is 0 Å². The number of H-pyrrole nitrogens is 1. The zero-order valence-electron chi connectivity index (χ0n) is 18.1. The fraction of sp³-hybridized carbons (Fsp3) is 0.120. The van der Waals surface area contributed by atoms with Crippen LogP contribution in [-0.2, 0) is 6.54 Å². The lowest BCUT2D eigenvalue weighted by Crippen LogP contribution is -2.29. The first-order valence-electron chi connectivity index (χ1n) is 10.5. The normalized spacial score (nSPS) is 14.8. The second kappa shape index (κ2) is 8.36. The molecule has 1 amide bonds. The average Bonchev–Trinajstić information content (AvgIpc) is 3.39. The molecular weight excluding hydrogens is 436 g/mol. The van der Waals surface area contributed by atoms with Crippen LogP contribution >= 0.6 is 0 Å². The minimum atomic E-state index is -0.641. The molecule has 3 aromatic carbocycles. The Morgan fingerprint density at radius 1 is 1.12 bits per heavy atom. The van der Waals surface area contributed by atoms with Crippen LogP contribution in [0.2, 0.25) is 0 Å². The highest BCUT2D eigenvalue weighted by Gasteiger charge is 2.42. The van der Waals surface area contributed by atoms with Gasteiger partial charge in [-0.1, -0.05) is 36.4 Å². The number of para-hydroxylation sites is 1. The number of aromatic hydroxyl groups is 1. The molecule has 0 spiro atoms. The first-order valence-corrected chi connectivity index (χ1v) is 10.5. The molecule has 170 valence electrons. The summed E-state index contributed by atoms with van der Waals surface area (Å²) in [6, 6.07) is 19.7. The molecule has 1 aliphatic heterocycles. The lowest BCUT2D eigenvalue weighted by molar-refractivity contribution is -0.384. The Labute approximate surface area is 194 Å². The highest BCUT2D eigenvalue weighted by atomic mass is 16.6. The van der Waals surface area contributed by atoms with Crippen molar-refractivity contribution in [3.05, 3.63) is 105 Å². The molecule has 0 fully saturated rings. The maximum Gasteiger partial charge on any atom is 0.273 e. The summed E-state index contributed by atoms with van der Waals surface area (Å²) in [5.41, 5.74) is 3.13. The molecule has 9 heteroatoms. The quantitative estimate of drug-likeness (QED) is 0.327. The Hall–Kier alpha value is -4.66. The number of amides is 1. The number of non-ortho nitro benzene ring substituents is 1. The Bertz CT molecular complexity index is 1400. The van der Waals surface area contributed by atoms with E-state index in [-0.39, 0.29) is 23.9 Å². The standard InChI is InChI=1S/C25H20N4O5/c1-34-18-11-9-15(10-12-18)14-28-24(16-5-4-6-17(13-16)29(32)33)21-22(26-27-23(21)25(28)31)19-7-2-3-8-20(19)30/h2-13,24,30H,14H2,1H3,(H,26,27). The van der Waals surface area contributed by atoms with Gasteiger partial charge in [-0.15, -0.1) is 0 Å². The molecule has 2 heterocycles. The van der Waals surface area contributed by atoms with Crippen LogP contribution in [0.25, 0.3) is 11.3 Å². The maximum atomic E-state index is 13.5. The predicted molar refractivity (Wildman–Crippen MR) is 123 cm³/mol. The third-order valence-electron chi connectivity index (χ3n) is 5.93. The summed E-state index contributed by atoms with van der Waals surface area (Å²) < 4.78 is 5.22. The molecule has 0 bridgehead atoms. The van der Waals surface area contributed by atoms with E-state index in [1.54, 1.807) is 48.4 Å². The van der Waals surface area contributed by atoms with Crippen LogP contribution in [0.5, 0.6) is 11.5 Å². The zero-order valence-corrected chi connectivity index (χ0v) is 18.1. The smallest absolute Gasteiger partial charge is 0.273 e. The van der Waals surface area contributed by atoms with Gasteiger partial charge in [0.1, 0.15) is 22.9 Å². The van der Waals surface area contributed by atoms with Gasteiger partial charge in [-0.05, 0) is 35.4 Å². The van der Waals surface area contributed by atoms with E-state index in [4.69, 9.17) is 4.74 Å². The molecule has 2 N–H and O–H groups in total. The van der Waals surface area contributed by atoms with Crippen molar-refractivity contribution in [1.82, 2.24) is 15.1 Å². The lowest BCUT2D eigenvalue weighted by Gasteiger charge is -2.26. The van der Waals surface area contributed by atoms with Crippen LogP contribution in [0.3, 0.4) is 0 Å². The van der Waals surface area contributed by atoms with Crippen molar-refractivity contribution >= 4 is 11.6 Å². The molecule has 0 saturated heterocycles. The lowest BCUT2D eigenvalue weighted by atomic mass is 9.95. The molecule has 1 atom stereocenters. The number of hydrogen-bond donors (Lipinski definition) is 2. The van der Waals surface area contributed by atoms with Gasteiger partial charge >= 0.3 is 0 Å². The largest absolute Gasteiger partial charge is 0.507 e. The van der Waals surface area contributed by atoms with Crippen LogP contribution in [0, 0.1) is 10.1 Å². The highest BCUT2D eigenvalue weighted by molar-refractivity contribution is 6.00. The van der Waals surface area contributed by atoms with Crippen LogP contribution < -0.4 is 4.74 Å². The molecule has 5 rings (SSSR count). The van der Waals surface area contributed by atoms with E-state index in [0.29, 0.717) is 33.8 Å². The zero-order chi connectivity index (χ0) is 23.8. The van der Waals surface area contributed by atoms with E-state index >= 15 is 0 Å². The highest BCUT2D eigenvalue weighted by Crippen LogP contribution is 2.45. The minimum absolute atomic E-state index is 0.0237. The molecule has 34 heavy (non-hydrogen) atoms. The van der Waals surface area contributed by atoms with Gasteiger partial charge in [0.15, 0.2) is 0 Å². The van der Waals surface area contributed by atoms with Crippen molar-refractivity contribution in [2.24, 2.45) is 0 Å². The summed E-state index contributed by atoms with van der Waals surface area (Å²) >= 11 is 0. The van der Waals surface area contributed by atoms with Gasteiger partial charge in [0.2, 0.25) is 0 Å². The number of nitrogens with zero attached hydrogens (tertiary/aromatic N) is 3. The fourth-order valence-corrected chi connectivity index (χ4v) is 4.32. The number of nitro groups is 1. The summed E-state index contributed by atoms with van der Waals surface area (Å²) in [6.45, 7) is 0.263. The number of fused-ring (bicyclic) bond motifs is 1. The minimum Gasteiger partial charge on any atom is -0.507 e. The summed E-state index contributed by atoms with van der Waals surface area (Å²) in [7, 11) is 1.58. The number of carbonyl (C=O) groups is 1. The monoisotopic (exact) mass is 456 g/mol. The van der Waals surface area contributed by atoms with Crippen LogP contribution in [0.15, 0.2) is 72.8 Å². The second-order valence-corrected chi connectivity index (χ2v) is 7.91. The van der Waals surface area contributed by atoms with Gasteiger partial charge in [0.25, 0.3) is 11.6 Å². The SMILES string of the molecule is COc1ccc(CN2C(=O)c3[nH]nc(-c4ccccc4O)c3C2c2cccc([N+](=O)[O-])c2)cc1. The first-order chi connectivity index (χ1) is 16.5. The summed E-state index contributed by atoms with van der Waals surface area (Å²) in [4.78, 5) is 26.1. The number of phenolic OH excluding ortho intramolecular Hbond substituents is 1. The van der Waals surface area contributed by atoms with Gasteiger partial charge in [0.05, 0.1) is 18.1 Å². The number of aromatic amines is 1. The number of phenols is 1. The summed E-state index contributed by atoms with van der Waals surface area (Å²) in [5.74, 6) is 0.440. The molecule has 0 radical (unpaired) electrons. The van der Waals surface area contributed by atoms with Gasteiger partial charge in [-0.3, -0.25) is 20.0 Å². The number of carbonyl (C=O) groups excluding carboxylic acids is 1. The summed E-state index contributed by atoms with van der Waals surface area (Å²) in [6.07, 6.45) is 0. The van der Waals surface area contributed by atoms with E-state index in [1.165, 1.54) is 12.1 Å². The summed E-state index contributed by atoms with van der Waals surface area (Å²) in [5, 5.41) is 29.1. The molecule has 0 aliphatic carbocycles. The third-order valence-corrected chi connectivity index (χ3v) is 5.93. The number of ether oxygens (including phenoxy) is 1. The predicted octanol–water partition coefficient (Wildman–Crippen LogP) is 4.44. The maximum absolute atomic E-state index is 13.5. The number of hydrogen-bond acceptors (Lipinski definition) is 6. The van der Waals surface area contributed by atoms with E-state index in [9.17, 15) is 20.0 Å². The van der Waals surface area contributed by atoms with Crippen LogP contribution in [0.1, 0.15) is 33.2 Å². The van der Waals surface area contributed by atoms with Crippen molar-refractivity contribution in [2.75, 3.05) is 7.11 Å². The van der Waals surface area contributed by atoms with Crippen molar-refractivity contribution in [2.45, 2.75) is 12.6 Å². The number of nitro benzene ring substituents is 1. The number of aromatic nitrogens is 2. The second-order valence-electron chi connectivity index (χ2n) is 7.91. The Morgan fingerprint density at radius 2 is 1.88 bits per heavy atom. The van der Waals surface area contributed by atoms with Crippen molar-refractivity contribution in [3.63, 3.8) is 0 Å². The Balaban J connectivity index is 1.65. The van der Waals surface area contributed by atoms with Gasteiger partial charge < -0.3 is 14.7 Å². The molecule has 9 nitrogen and oxygen atoms in total. The Kier molecular flexibility index (Phi) is 5.21. The number of methoxy groups -OCH3 is 1. The Morgan fingerprint density at radius 3 is 2.59 bits per heavy atom. The van der Waals surface area contributed by atoms with Crippen molar-refractivity contribution < 1.29 is 19.6 Å². The van der Waals surface area contributed by atoms with Crippen LogP contribution in [0.4, 0.5) is 5.69 Å². The molecule has 1 aliphatic rings. The molecule has 4 aromatic rings. The van der Waals surface area contributed by atoms with Gasteiger partial charge in [-0.2, -0.15) is 5.10 Å². The number of benzene rings is 3. The molecular formula is C25H20N4O5. The van der Waals surface area contributed by atoms with E-state index in [0.717, 1.165) is 5.56 Å². The number of rotatable bonds is 6. The van der Waals surface area contributed by atoms with E-state index in [2.05, 4.69) is 10.2 Å². The van der Waals surface area contributed by atoms with Gasteiger partial charge in [-0.25, -0.2) is 0 Å². The molecule has 1 unspecified atom stereocenters. The fourth-order valence-electron chi connectivity index (χ4n) is 4.32. The van der Waals surface area contributed by atoms with Crippen molar-refractivity contribution in [3.8, 4) is 22.8 Å². The van der Waals surface area contributed by atoms with Gasteiger partial charge in [0, 0.05) is 29.8 Å².